The lowest BCUT2D eigenvalue weighted by Crippen LogP contribution is -2.32. The van der Waals surface area contributed by atoms with Crippen molar-refractivity contribution in [2.45, 2.75) is 52.0 Å². The minimum absolute atomic E-state index is 0.161. The summed E-state index contributed by atoms with van der Waals surface area (Å²) < 4.78 is 0. The third-order valence-electron chi connectivity index (χ3n) is 6.41. The Morgan fingerprint density at radius 1 is 0.943 bits per heavy atom. The summed E-state index contributed by atoms with van der Waals surface area (Å²) in [6.07, 6.45) is 10.2. The van der Waals surface area contributed by atoms with Crippen molar-refractivity contribution in [3.63, 3.8) is 0 Å². The van der Waals surface area contributed by atoms with Gasteiger partial charge in [0, 0.05) is 49.0 Å². The van der Waals surface area contributed by atoms with Crippen molar-refractivity contribution < 1.29 is 9.59 Å². The van der Waals surface area contributed by atoms with Crippen LogP contribution < -0.4 is 15.5 Å². The molecule has 0 spiro atoms. The van der Waals surface area contributed by atoms with Crippen LogP contribution >= 0.6 is 0 Å². The Kier molecular flexibility index (Phi) is 8.49. The normalized spacial score (nSPS) is 13.3. The highest BCUT2D eigenvalue weighted by Gasteiger charge is 2.20. The molecule has 182 valence electrons. The number of anilines is 2. The minimum Gasteiger partial charge on any atom is -0.371 e. The van der Waals surface area contributed by atoms with Crippen LogP contribution in [0.15, 0.2) is 67.0 Å². The quantitative estimate of drug-likeness (QED) is 0.427. The lowest BCUT2D eigenvalue weighted by atomic mass is 10.0. The number of piperidine rings is 1. The van der Waals surface area contributed by atoms with Gasteiger partial charge in [0.2, 0.25) is 0 Å². The SMILES string of the molecule is CCCCc1ccc(C(=O)Nc2ccc(N3CCCCC3)c(C(=O)NCc3cccnc3)c2)cc1. The third kappa shape index (κ3) is 6.69. The summed E-state index contributed by atoms with van der Waals surface area (Å²) in [5.74, 6) is -0.342. The molecule has 2 aromatic carbocycles. The molecule has 1 aliphatic heterocycles. The fourth-order valence-electron chi connectivity index (χ4n) is 4.39. The molecule has 3 aromatic rings. The molecule has 2 heterocycles. The average molecular weight is 471 g/mol. The number of rotatable bonds is 9. The smallest absolute Gasteiger partial charge is 0.255 e. The molecule has 0 unspecified atom stereocenters. The van der Waals surface area contributed by atoms with E-state index in [9.17, 15) is 9.59 Å². The van der Waals surface area contributed by atoms with E-state index in [2.05, 4.69) is 27.4 Å². The molecule has 6 nitrogen and oxygen atoms in total. The predicted molar refractivity (Wildman–Crippen MR) is 141 cm³/mol. The summed E-state index contributed by atoms with van der Waals surface area (Å²) >= 11 is 0. The van der Waals surface area contributed by atoms with Crippen LogP contribution in [0.25, 0.3) is 0 Å². The van der Waals surface area contributed by atoms with Crippen LogP contribution in [0.1, 0.15) is 70.9 Å². The van der Waals surface area contributed by atoms with Gasteiger partial charge in [-0.1, -0.05) is 31.5 Å². The van der Waals surface area contributed by atoms with E-state index in [0.717, 1.165) is 56.4 Å². The van der Waals surface area contributed by atoms with Crippen molar-refractivity contribution in [2.75, 3.05) is 23.3 Å². The van der Waals surface area contributed by atoms with Crippen molar-refractivity contribution >= 4 is 23.2 Å². The van der Waals surface area contributed by atoms with Crippen molar-refractivity contribution in [3.05, 3.63) is 89.2 Å². The standard InChI is InChI=1S/C29H34N4O2/c1-2-3-8-22-10-12-24(13-11-22)28(34)32-25-14-15-27(33-17-5-4-6-18-33)26(19-25)29(35)31-21-23-9-7-16-30-20-23/h7,9-16,19-20H,2-6,8,17-18,21H2,1H3,(H,31,35)(H,32,34). The molecule has 6 heteroatoms. The van der Waals surface area contributed by atoms with Gasteiger partial charge in [-0.05, 0) is 79.6 Å². The number of unbranched alkanes of at least 4 members (excludes halogenated alkanes) is 1. The van der Waals surface area contributed by atoms with Gasteiger partial charge in [-0.15, -0.1) is 0 Å². The van der Waals surface area contributed by atoms with Crippen LogP contribution in [0.5, 0.6) is 0 Å². The highest BCUT2D eigenvalue weighted by molar-refractivity contribution is 6.06. The van der Waals surface area contributed by atoms with Crippen LogP contribution in [0, 0.1) is 0 Å². The van der Waals surface area contributed by atoms with Gasteiger partial charge in [-0.25, -0.2) is 0 Å². The topological polar surface area (TPSA) is 74.3 Å². The first-order valence-corrected chi connectivity index (χ1v) is 12.6. The number of benzene rings is 2. The number of hydrogen-bond donors (Lipinski definition) is 2. The first-order valence-electron chi connectivity index (χ1n) is 12.6. The van der Waals surface area contributed by atoms with Gasteiger partial charge in [-0.2, -0.15) is 0 Å². The molecule has 2 N–H and O–H groups in total. The largest absolute Gasteiger partial charge is 0.371 e. The number of aryl methyl sites for hydroxylation is 1. The van der Waals surface area contributed by atoms with Gasteiger partial charge in [-0.3, -0.25) is 14.6 Å². The Balaban J connectivity index is 1.51. The van der Waals surface area contributed by atoms with Crippen LogP contribution in [-0.2, 0) is 13.0 Å². The van der Waals surface area contributed by atoms with Gasteiger partial charge >= 0.3 is 0 Å². The van der Waals surface area contributed by atoms with Crippen molar-refractivity contribution in [1.82, 2.24) is 10.3 Å². The number of carbonyl (C=O) groups excluding carboxylic acids is 2. The van der Waals surface area contributed by atoms with E-state index >= 15 is 0 Å². The molecule has 1 aromatic heterocycles. The summed E-state index contributed by atoms with van der Waals surface area (Å²) in [5, 5.41) is 5.98. The molecular weight excluding hydrogens is 436 g/mol. The van der Waals surface area contributed by atoms with Crippen LogP contribution in [0.2, 0.25) is 0 Å². The van der Waals surface area contributed by atoms with E-state index in [4.69, 9.17) is 0 Å². The number of nitrogens with zero attached hydrogens (tertiary/aromatic N) is 2. The third-order valence-corrected chi connectivity index (χ3v) is 6.41. The summed E-state index contributed by atoms with van der Waals surface area (Å²) in [4.78, 5) is 32.5. The summed E-state index contributed by atoms with van der Waals surface area (Å²) in [7, 11) is 0. The Hall–Kier alpha value is -3.67. The molecule has 0 atom stereocenters. The van der Waals surface area contributed by atoms with Crippen molar-refractivity contribution in [1.29, 1.82) is 0 Å². The molecule has 1 fully saturated rings. The second kappa shape index (κ2) is 12.2. The van der Waals surface area contributed by atoms with Crippen molar-refractivity contribution in [3.8, 4) is 0 Å². The Morgan fingerprint density at radius 2 is 1.74 bits per heavy atom. The number of pyridine rings is 1. The maximum atomic E-state index is 13.2. The van der Waals surface area contributed by atoms with E-state index in [-0.39, 0.29) is 11.8 Å². The van der Waals surface area contributed by atoms with E-state index in [1.54, 1.807) is 18.5 Å². The van der Waals surface area contributed by atoms with Crippen molar-refractivity contribution in [2.24, 2.45) is 0 Å². The number of aromatic nitrogens is 1. The van der Waals surface area contributed by atoms with Gasteiger partial charge in [0.15, 0.2) is 0 Å². The van der Waals surface area contributed by atoms with Gasteiger partial charge in [0.05, 0.1) is 5.56 Å². The fourth-order valence-corrected chi connectivity index (χ4v) is 4.39. The number of carbonyl (C=O) groups is 2. The van der Waals surface area contributed by atoms with Crippen LogP contribution in [-0.4, -0.2) is 29.9 Å². The average Bonchev–Trinajstić information content (AvgIpc) is 2.92. The molecule has 1 aliphatic rings. The molecule has 35 heavy (non-hydrogen) atoms. The van der Waals surface area contributed by atoms with E-state index in [1.165, 1.54) is 12.0 Å². The van der Waals surface area contributed by atoms with Crippen LogP contribution in [0.4, 0.5) is 11.4 Å². The molecule has 1 saturated heterocycles. The van der Waals surface area contributed by atoms with E-state index in [0.29, 0.717) is 23.4 Å². The predicted octanol–water partition coefficient (Wildman–Crippen LogP) is 5.60. The first kappa shape index (κ1) is 24.5. The summed E-state index contributed by atoms with van der Waals surface area (Å²) in [6, 6.07) is 17.2. The van der Waals surface area contributed by atoms with E-state index < -0.39 is 0 Å². The lowest BCUT2D eigenvalue weighted by Gasteiger charge is -2.30. The van der Waals surface area contributed by atoms with Gasteiger partial charge in [0.25, 0.3) is 11.8 Å². The Labute approximate surface area is 207 Å². The monoisotopic (exact) mass is 470 g/mol. The second-order valence-corrected chi connectivity index (χ2v) is 9.08. The molecule has 0 radical (unpaired) electrons. The van der Waals surface area contributed by atoms with Crippen LogP contribution in [0.3, 0.4) is 0 Å². The Bertz CT molecular complexity index is 1120. The maximum Gasteiger partial charge on any atom is 0.255 e. The summed E-state index contributed by atoms with van der Waals surface area (Å²) in [5.41, 5.74) is 4.87. The Morgan fingerprint density at radius 3 is 2.46 bits per heavy atom. The highest BCUT2D eigenvalue weighted by atomic mass is 16.2. The number of nitrogens with one attached hydrogen (secondary N) is 2. The maximum absolute atomic E-state index is 13.2. The molecule has 4 rings (SSSR count). The fraction of sp³-hybridized carbons (Fsp3) is 0.345. The number of hydrogen-bond acceptors (Lipinski definition) is 4. The minimum atomic E-state index is -0.181. The number of amides is 2. The highest BCUT2D eigenvalue weighted by Crippen LogP contribution is 2.27. The zero-order valence-electron chi connectivity index (χ0n) is 20.4. The first-order chi connectivity index (χ1) is 17.1. The van der Waals surface area contributed by atoms with Gasteiger partial charge < -0.3 is 15.5 Å². The summed E-state index contributed by atoms with van der Waals surface area (Å²) in [6.45, 7) is 4.43. The zero-order chi connectivity index (χ0) is 24.5. The van der Waals surface area contributed by atoms with E-state index in [1.807, 2.05) is 48.5 Å². The van der Waals surface area contributed by atoms with Gasteiger partial charge in [0.1, 0.15) is 0 Å². The molecule has 0 bridgehead atoms. The second-order valence-electron chi connectivity index (χ2n) is 9.08. The zero-order valence-corrected chi connectivity index (χ0v) is 20.4. The molecule has 0 saturated carbocycles. The molecule has 0 aliphatic carbocycles. The molecule has 2 amide bonds. The molecular formula is C29H34N4O2. The lowest BCUT2D eigenvalue weighted by molar-refractivity contribution is 0.0950.